The van der Waals surface area contributed by atoms with Gasteiger partial charge in [0.25, 0.3) is 0 Å². The van der Waals surface area contributed by atoms with Gasteiger partial charge in [0.2, 0.25) is 0 Å². The molecule has 1 fully saturated rings. The predicted molar refractivity (Wildman–Crippen MR) is 62.8 cm³/mol. The summed E-state index contributed by atoms with van der Waals surface area (Å²) in [7, 11) is 5.68. The standard InChI is InChI=1S/C12H23BO2/c1-8(2)6-12(10(5)9(3)4)7-14-11(13)15-12/h8-11H,6-7H2,1-5H3. The van der Waals surface area contributed by atoms with E-state index < -0.39 is 6.19 Å². The lowest BCUT2D eigenvalue weighted by atomic mass is 9.77. The van der Waals surface area contributed by atoms with Crippen LogP contribution in [0.5, 0.6) is 0 Å². The van der Waals surface area contributed by atoms with E-state index in [1.54, 1.807) is 0 Å². The van der Waals surface area contributed by atoms with E-state index in [0.29, 0.717) is 24.4 Å². The Labute approximate surface area is 95.1 Å². The molecule has 0 saturated carbocycles. The van der Waals surface area contributed by atoms with Gasteiger partial charge in [-0.15, -0.1) is 0 Å². The summed E-state index contributed by atoms with van der Waals surface area (Å²) in [6.07, 6.45) is 0.477. The third-order valence-electron chi connectivity index (χ3n) is 3.43. The van der Waals surface area contributed by atoms with Crippen LogP contribution < -0.4 is 0 Å². The molecular weight excluding hydrogens is 187 g/mol. The minimum absolute atomic E-state index is 0.179. The topological polar surface area (TPSA) is 18.5 Å². The molecule has 0 bridgehead atoms. The molecule has 0 aromatic heterocycles. The molecule has 0 aromatic rings. The highest BCUT2D eigenvalue weighted by atomic mass is 16.7. The fourth-order valence-electron chi connectivity index (χ4n) is 2.35. The summed E-state index contributed by atoms with van der Waals surface area (Å²) in [5, 5.41) is 0. The summed E-state index contributed by atoms with van der Waals surface area (Å²) in [6, 6.07) is 0. The van der Waals surface area contributed by atoms with Gasteiger partial charge in [0, 0.05) is 0 Å². The molecular formula is C12H23BO2. The van der Waals surface area contributed by atoms with Crippen molar-refractivity contribution in [1.29, 1.82) is 0 Å². The summed E-state index contributed by atoms with van der Waals surface area (Å²) in [5.41, 5.74) is -0.179. The van der Waals surface area contributed by atoms with E-state index in [1.807, 2.05) is 0 Å². The van der Waals surface area contributed by atoms with Crippen LogP contribution in [0.4, 0.5) is 0 Å². The van der Waals surface area contributed by atoms with Crippen LogP contribution in [0, 0.1) is 17.8 Å². The van der Waals surface area contributed by atoms with Crippen molar-refractivity contribution in [1.82, 2.24) is 0 Å². The van der Waals surface area contributed by atoms with Gasteiger partial charge < -0.3 is 9.47 Å². The summed E-state index contributed by atoms with van der Waals surface area (Å²) in [4.78, 5) is 0. The van der Waals surface area contributed by atoms with Gasteiger partial charge >= 0.3 is 0 Å². The molecule has 1 heterocycles. The molecule has 3 unspecified atom stereocenters. The summed E-state index contributed by atoms with van der Waals surface area (Å²) >= 11 is 0. The van der Waals surface area contributed by atoms with Gasteiger partial charge in [-0.1, -0.05) is 34.6 Å². The Bertz CT molecular complexity index is 206. The SMILES string of the molecule is [B]C1OCC(CC(C)C)(C(C)C(C)C)O1. The molecule has 2 radical (unpaired) electrons. The highest BCUT2D eigenvalue weighted by Crippen LogP contribution is 2.38. The van der Waals surface area contributed by atoms with Crippen LogP contribution in [-0.4, -0.2) is 26.2 Å². The van der Waals surface area contributed by atoms with Crippen LogP contribution in [-0.2, 0) is 9.47 Å². The van der Waals surface area contributed by atoms with Gasteiger partial charge in [0.1, 0.15) is 14.0 Å². The quantitative estimate of drug-likeness (QED) is 0.664. The molecule has 0 N–H and O–H groups in total. The summed E-state index contributed by atoms with van der Waals surface area (Å²) in [6.45, 7) is 11.7. The third-order valence-corrected chi connectivity index (χ3v) is 3.43. The normalized spacial score (nSPS) is 33.9. The van der Waals surface area contributed by atoms with Gasteiger partial charge in [-0.05, 0) is 24.2 Å². The van der Waals surface area contributed by atoms with E-state index in [0.717, 1.165) is 6.42 Å². The maximum atomic E-state index is 5.84. The predicted octanol–water partition coefficient (Wildman–Crippen LogP) is 2.56. The zero-order chi connectivity index (χ0) is 11.6. The van der Waals surface area contributed by atoms with E-state index >= 15 is 0 Å². The van der Waals surface area contributed by atoms with Gasteiger partial charge in [-0.3, -0.25) is 0 Å². The van der Waals surface area contributed by atoms with E-state index in [2.05, 4.69) is 34.6 Å². The summed E-state index contributed by atoms with van der Waals surface area (Å²) in [5.74, 6) is 1.64. The van der Waals surface area contributed by atoms with Crippen molar-refractivity contribution in [3.63, 3.8) is 0 Å². The first kappa shape index (κ1) is 13.1. The van der Waals surface area contributed by atoms with Gasteiger partial charge in [-0.2, -0.15) is 0 Å². The van der Waals surface area contributed by atoms with Crippen molar-refractivity contribution < 1.29 is 9.47 Å². The smallest absolute Gasteiger partial charge is 0.149 e. The van der Waals surface area contributed by atoms with Crippen LogP contribution in [0.15, 0.2) is 0 Å². The van der Waals surface area contributed by atoms with Crippen molar-refractivity contribution in [2.45, 2.75) is 52.8 Å². The second-order valence-corrected chi connectivity index (χ2v) is 5.49. The highest BCUT2D eigenvalue weighted by molar-refractivity contribution is 6.10. The number of hydrogen-bond donors (Lipinski definition) is 0. The molecule has 1 rings (SSSR count). The van der Waals surface area contributed by atoms with E-state index in [-0.39, 0.29) is 5.60 Å². The molecule has 0 spiro atoms. The zero-order valence-electron chi connectivity index (χ0n) is 10.6. The van der Waals surface area contributed by atoms with Crippen LogP contribution >= 0.6 is 0 Å². The molecule has 15 heavy (non-hydrogen) atoms. The Morgan fingerprint density at radius 2 is 1.87 bits per heavy atom. The molecule has 3 atom stereocenters. The average Bonchev–Trinajstić information content (AvgIpc) is 2.46. The third kappa shape index (κ3) is 2.98. The Hall–Kier alpha value is -0.0151. The maximum Gasteiger partial charge on any atom is 0.149 e. The van der Waals surface area contributed by atoms with Crippen molar-refractivity contribution in [2.24, 2.45) is 17.8 Å². The molecule has 0 aromatic carbocycles. The summed E-state index contributed by atoms with van der Waals surface area (Å²) < 4.78 is 11.2. The largest absolute Gasteiger partial charge is 0.359 e. The lowest BCUT2D eigenvalue weighted by Crippen LogP contribution is -2.43. The average molecular weight is 210 g/mol. The number of rotatable bonds is 4. The van der Waals surface area contributed by atoms with Crippen molar-refractivity contribution in [2.75, 3.05) is 6.61 Å². The van der Waals surface area contributed by atoms with E-state index in [9.17, 15) is 0 Å². The van der Waals surface area contributed by atoms with Crippen LogP contribution in [0.1, 0.15) is 41.0 Å². The lowest BCUT2D eigenvalue weighted by Gasteiger charge is -2.37. The highest BCUT2D eigenvalue weighted by Gasteiger charge is 2.45. The Morgan fingerprint density at radius 3 is 2.20 bits per heavy atom. The second kappa shape index (κ2) is 4.88. The van der Waals surface area contributed by atoms with E-state index in [1.165, 1.54) is 0 Å². The maximum absolute atomic E-state index is 5.84. The molecule has 1 aliphatic rings. The van der Waals surface area contributed by atoms with Crippen molar-refractivity contribution in [3.05, 3.63) is 0 Å². The zero-order valence-corrected chi connectivity index (χ0v) is 10.6. The van der Waals surface area contributed by atoms with Crippen molar-refractivity contribution >= 4 is 7.85 Å². The fourth-order valence-corrected chi connectivity index (χ4v) is 2.35. The Morgan fingerprint density at radius 1 is 1.27 bits per heavy atom. The molecule has 1 saturated heterocycles. The second-order valence-electron chi connectivity index (χ2n) is 5.49. The molecule has 0 aliphatic carbocycles. The number of hydrogen-bond acceptors (Lipinski definition) is 2. The first-order valence-corrected chi connectivity index (χ1v) is 5.92. The molecule has 2 nitrogen and oxygen atoms in total. The molecule has 86 valence electrons. The first-order chi connectivity index (χ1) is 6.87. The first-order valence-electron chi connectivity index (χ1n) is 5.92. The molecule has 3 heteroatoms. The van der Waals surface area contributed by atoms with Gasteiger partial charge in [0.05, 0.1) is 12.2 Å². The van der Waals surface area contributed by atoms with Crippen molar-refractivity contribution in [3.8, 4) is 0 Å². The Balaban J connectivity index is 2.77. The van der Waals surface area contributed by atoms with Gasteiger partial charge in [0.15, 0.2) is 0 Å². The molecule has 1 aliphatic heterocycles. The minimum Gasteiger partial charge on any atom is -0.359 e. The van der Waals surface area contributed by atoms with Crippen LogP contribution in [0.2, 0.25) is 0 Å². The minimum atomic E-state index is -0.537. The van der Waals surface area contributed by atoms with Crippen LogP contribution in [0.25, 0.3) is 0 Å². The lowest BCUT2D eigenvalue weighted by molar-refractivity contribution is -0.0832. The monoisotopic (exact) mass is 210 g/mol. The molecule has 0 amide bonds. The Kier molecular flexibility index (Phi) is 4.24. The fraction of sp³-hybridized carbons (Fsp3) is 1.00. The number of ether oxygens (including phenoxy) is 2. The van der Waals surface area contributed by atoms with Crippen LogP contribution in [0.3, 0.4) is 0 Å². The van der Waals surface area contributed by atoms with Gasteiger partial charge in [-0.25, -0.2) is 0 Å². The van der Waals surface area contributed by atoms with E-state index in [4.69, 9.17) is 17.3 Å².